The van der Waals surface area contributed by atoms with E-state index in [2.05, 4.69) is 25.6 Å². The number of nitrogens with zero attached hydrogens (tertiary/aromatic N) is 2. The van der Waals surface area contributed by atoms with E-state index in [0.717, 1.165) is 17.9 Å². The number of hydrogen-bond donors (Lipinski definition) is 3. The molecular weight excluding hydrogens is 274 g/mol. The van der Waals surface area contributed by atoms with Gasteiger partial charge in [0.05, 0.1) is 12.8 Å². The highest BCUT2D eigenvalue weighted by Crippen LogP contribution is 2.43. The van der Waals surface area contributed by atoms with Gasteiger partial charge >= 0.3 is 0 Å². The van der Waals surface area contributed by atoms with Gasteiger partial charge in [-0.25, -0.2) is 4.98 Å². The van der Waals surface area contributed by atoms with Gasteiger partial charge < -0.3 is 20.4 Å². The van der Waals surface area contributed by atoms with E-state index in [1.54, 1.807) is 25.7 Å². The number of H-pyrrole nitrogens is 1. The van der Waals surface area contributed by atoms with Crippen LogP contribution in [0, 0.1) is 0 Å². The zero-order valence-electron chi connectivity index (χ0n) is 11.0. The Hall–Kier alpha value is -2.15. The summed E-state index contributed by atoms with van der Waals surface area (Å²) in [6, 6.07) is 4.08. The van der Waals surface area contributed by atoms with Gasteiger partial charge in [0.1, 0.15) is 5.75 Å². The van der Waals surface area contributed by atoms with Crippen molar-refractivity contribution in [2.45, 2.75) is 18.4 Å². The molecule has 104 valence electrons. The van der Waals surface area contributed by atoms with Crippen LogP contribution in [0.1, 0.15) is 18.0 Å². The Morgan fingerprint density at radius 2 is 2.35 bits per heavy atom. The van der Waals surface area contributed by atoms with Gasteiger partial charge in [-0.05, 0) is 30.8 Å². The number of imidazole rings is 1. The predicted octanol–water partition coefficient (Wildman–Crippen LogP) is 1.66. The van der Waals surface area contributed by atoms with E-state index in [1.807, 2.05) is 12.1 Å². The highest BCUT2D eigenvalue weighted by atomic mass is 32.1. The monoisotopic (exact) mass is 289 g/mol. The van der Waals surface area contributed by atoms with Crippen LogP contribution in [0.3, 0.4) is 0 Å². The summed E-state index contributed by atoms with van der Waals surface area (Å²) in [6.07, 6.45) is 6.19. The molecule has 0 radical (unpaired) electrons. The molecule has 2 unspecified atom stereocenters. The van der Waals surface area contributed by atoms with Crippen molar-refractivity contribution in [3.63, 3.8) is 0 Å². The molecule has 0 aromatic carbocycles. The van der Waals surface area contributed by atoms with Crippen molar-refractivity contribution in [1.29, 1.82) is 0 Å². The summed E-state index contributed by atoms with van der Waals surface area (Å²) in [5, 5.41) is 6.81. The summed E-state index contributed by atoms with van der Waals surface area (Å²) in [7, 11) is 1.66. The maximum absolute atomic E-state index is 5.33. The van der Waals surface area contributed by atoms with E-state index >= 15 is 0 Å². The zero-order chi connectivity index (χ0) is 13.9. The second-order valence-electron chi connectivity index (χ2n) is 4.58. The maximum atomic E-state index is 5.33. The van der Waals surface area contributed by atoms with Gasteiger partial charge in [0.2, 0.25) is 5.95 Å². The third kappa shape index (κ3) is 2.72. The fourth-order valence-electron chi connectivity index (χ4n) is 2.16. The minimum absolute atomic E-state index is 0.286. The Kier molecular flexibility index (Phi) is 3.51. The van der Waals surface area contributed by atoms with Crippen LogP contribution in [0.4, 0.5) is 5.95 Å². The minimum Gasteiger partial charge on any atom is -0.495 e. The molecule has 2 aromatic heterocycles. The number of nitrogens with one attached hydrogen (secondary N) is 3. The molecular formula is C13H15N5OS. The number of aromatic nitrogens is 3. The van der Waals surface area contributed by atoms with Crippen LogP contribution in [0.25, 0.3) is 0 Å². The van der Waals surface area contributed by atoms with Gasteiger partial charge in [0.15, 0.2) is 5.11 Å². The average molecular weight is 289 g/mol. The molecule has 3 rings (SSSR count). The predicted molar refractivity (Wildman–Crippen MR) is 79.9 cm³/mol. The molecule has 20 heavy (non-hydrogen) atoms. The maximum Gasteiger partial charge on any atom is 0.206 e. The lowest BCUT2D eigenvalue weighted by Gasteiger charge is -2.09. The fraction of sp³-hybridized carbons (Fsp3) is 0.308. The molecule has 2 heterocycles. The highest BCUT2D eigenvalue weighted by Gasteiger charge is 2.41. The molecule has 1 fully saturated rings. The summed E-state index contributed by atoms with van der Waals surface area (Å²) in [5.74, 6) is 1.80. The molecule has 0 spiro atoms. The number of hydrogen-bond acceptors (Lipinski definition) is 4. The van der Waals surface area contributed by atoms with Crippen molar-refractivity contribution >= 4 is 23.3 Å². The van der Waals surface area contributed by atoms with Crippen LogP contribution >= 0.6 is 12.2 Å². The Bertz CT molecular complexity index is 601. The minimum atomic E-state index is 0.286. The molecule has 0 aliphatic heterocycles. The van der Waals surface area contributed by atoms with E-state index in [9.17, 15) is 0 Å². The second-order valence-corrected chi connectivity index (χ2v) is 4.98. The normalized spacial score (nSPS) is 20.2. The smallest absolute Gasteiger partial charge is 0.206 e. The SMILES string of the molecule is COc1cccnc1C1CC1NC(=S)Nc1ncc[nH]1. The van der Waals surface area contributed by atoms with Gasteiger partial charge in [-0.1, -0.05) is 0 Å². The molecule has 1 aliphatic carbocycles. The third-order valence-corrected chi connectivity index (χ3v) is 3.43. The van der Waals surface area contributed by atoms with Crippen molar-refractivity contribution in [3.8, 4) is 5.75 Å². The molecule has 0 amide bonds. The first kappa shape index (κ1) is 12.9. The summed E-state index contributed by atoms with van der Waals surface area (Å²) >= 11 is 5.25. The van der Waals surface area contributed by atoms with Crippen LogP contribution in [0.2, 0.25) is 0 Å². The quantitative estimate of drug-likeness (QED) is 0.743. The van der Waals surface area contributed by atoms with Gasteiger partial charge in [0, 0.05) is 30.6 Å². The first-order valence-electron chi connectivity index (χ1n) is 6.33. The molecule has 1 aliphatic rings. The lowest BCUT2D eigenvalue weighted by Crippen LogP contribution is -2.31. The van der Waals surface area contributed by atoms with Crippen molar-refractivity contribution < 1.29 is 4.74 Å². The summed E-state index contributed by atoms with van der Waals surface area (Å²) in [4.78, 5) is 11.4. The Morgan fingerprint density at radius 1 is 1.45 bits per heavy atom. The summed E-state index contributed by atoms with van der Waals surface area (Å²) in [5.41, 5.74) is 0.980. The van der Waals surface area contributed by atoms with Crippen LogP contribution in [-0.4, -0.2) is 33.2 Å². The van der Waals surface area contributed by atoms with E-state index in [1.165, 1.54) is 0 Å². The summed E-state index contributed by atoms with van der Waals surface area (Å²) < 4.78 is 5.33. The van der Waals surface area contributed by atoms with Crippen LogP contribution in [0.5, 0.6) is 5.75 Å². The second kappa shape index (κ2) is 5.46. The highest BCUT2D eigenvalue weighted by molar-refractivity contribution is 7.80. The molecule has 7 heteroatoms. The van der Waals surface area contributed by atoms with E-state index in [-0.39, 0.29) is 6.04 Å². The van der Waals surface area contributed by atoms with Gasteiger partial charge in [0.25, 0.3) is 0 Å². The van der Waals surface area contributed by atoms with E-state index in [0.29, 0.717) is 17.0 Å². The number of ether oxygens (including phenoxy) is 1. The van der Waals surface area contributed by atoms with E-state index < -0.39 is 0 Å². The first-order chi connectivity index (χ1) is 9.78. The molecule has 1 saturated carbocycles. The molecule has 3 N–H and O–H groups in total. The van der Waals surface area contributed by atoms with Crippen LogP contribution < -0.4 is 15.4 Å². The van der Waals surface area contributed by atoms with Crippen molar-refractivity contribution in [1.82, 2.24) is 20.3 Å². The Morgan fingerprint density at radius 3 is 3.10 bits per heavy atom. The van der Waals surface area contributed by atoms with Crippen LogP contribution in [-0.2, 0) is 0 Å². The number of aromatic amines is 1. The van der Waals surface area contributed by atoms with Crippen molar-refractivity contribution in [2.75, 3.05) is 12.4 Å². The largest absolute Gasteiger partial charge is 0.495 e. The fourth-order valence-corrected chi connectivity index (χ4v) is 2.40. The standard InChI is InChI=1S/C13H15N5OS/c1-19-10-3-2-4-14-11(10)8-7-9(8)17-13(20)18-12-15-5-6-16-12/h2-6,8-9H,7H2,1H3,(H3,15,16,17,18,20). The summed E-state index contributed by atoms with van der Waals surface area (Å²) in [6.45, 7) is 0. The molecule has 6 nitrogen and oxygen atoms in total. The number of rotatable bonds is 4. The first-order valence-corrected chi connectivity index (χ1v) is 6.74. The van der Waals surface area contributed by atoms with E-state index in [4.69, 9.17) is 17.0 Å². The Balaban J connectivity index is 1.58. The van der Waals surface area contributed by atoms with Gasteiger partial charge in [-0.3, -0.25) is 4.98 Å². The Labute approximate surface area is 122 Å². The third-order valence-electron chi connectivity index (χ3n) is 3.21. The van der Waals surface area contributed by atoms with Crippen molar-refractivity contribution in [2.24, 2.45) is 0 Å². The number of methoxy groups -OCH3 is 1. The molecule has 2 aromatic rings. The molecule has 2 atom stereocenters. The van der Waals surface area contributed by atoms with Gasteiger partial charge in [-0.15, -0.1) is 0 Å². The number of thiocarbonyl (C=S) groups is 1. The number of pyridine rings is 1. The molecule has 0 saturated heterocycles. The van der Waals surface area contributed by atoms with Crippen LogP contribution in [0.15, 0.2) is 30.7 Å². The lowest BCUT2D eigenvalue weighted by molar-refractivity contribution is 0.406. The van der Waals surface area contributed by atoms with Crippen molar-refractivity contribution in [3.05, 3.63) is 36.4 Å². The van der Waals surface area contributed by atoms with Gasteiger partial charge in [-0.2, -0.15) is 0 Å². The average Bonchev–Trinajstić information content (AvgIpc) is 3.01. The molecule has 0 bridgehead atoms. The lowest BCUT2D eigenvalue weighted by atomic mass is 10.2. The number of anilines is 1. The topological polar surface area (TPSA) is 74.9 Å². The zero-order valence-corrected chi connectivity index (χ0v) is 11.8.